The highest BCUT2D eigenvalue weighted by molar-refractivity contribution is 6.28. The molecule has 1 atom stereocenters. The maximum atomic E-state index is 11.5. The van der Waals surface area contributed by atoms with Crippen LogP contribution in [0.4, 0.5) is 17.6 Å². The number of hydrogen-bond donors (Lipinski definition) is 5. The van der Waals surface area contributed by atoms with E-state index in [1.54, 1.807) is 0 Å². The van der Waals surface area contributed by atoms with Gasteiger partial charge in [0.15, 0.2) is 5.96 Å². The van der Waals surface area contributed by atoms with E-state index >= 15 is 0 Å². The predicted octanol–water partition coefficient (Wildman–Crippen LogP) is 1.50. The molecule has 1 aromatic heterocycles. The van der Waals surface area contributed by atoms with Gasteiger partial charge in [-0.15, -0.1) is 0 Å². The second kappa shape index (κ2) is 9.53. The molecule has 0 aliphatic rings. The Labute approximate surface area is 161 Å². The fraction of sp³-hybridized carbons (Fsp3) is 0.312. The van der Waals surface area contributed by atoms with Gasteiger partial charge in [0, 0.05) is 12.2 Å². The Bertz CT molecular complexity index is 809. The quantitative estimate of drug-likeness (QED) is 0.241. The monoisotopic (exact) mass is 392 g/mol. The summed E-state index contributed by atoms with van der Waals surface area (Å²) in [4.78, 5) is 27.4. The molecule has 0 radical (unpaired) electrons. The molecule has 0 spiro atoms. The fourth-order valence-electron chi connectivity index (χ4n) is 2.15. The molecule has 1 aromatic carbocycles. The van der Waals surface area contributed by atoms with Gasteiger partial charge in [-0.1, -0.05) is 17.7 Å². The molecule has 0 aliphatic heterocycles. The van der Waals surface area contributed by atoms with Crippen LogP contribution in [0.3, 0.4) is 0 Å². The average molecular weight is 393 g/mol. The summed E-state index contributed by atoms with van der Waals surface area (Å²) in [6.45, 7) is 2.30. The van der Waals surface area contributed by atoms with E-state index in [1.165, 1.54) is 0 Å². The second-order valence-corrected chi connectivity index (χ2v) is 6.06. The van der Waals surface area contributed by atoms with Crippen LogP contribution in [0, 0.1) is 6.92 Å². The summed E-state index contributed by atoms with van der Waals surface area (Å²) in [5.74, 6) is -0.833. The molecule has 2 rings (SSSR count). The third-order valence-corrected chi connectivity index (χ3v) is 3.63. The zero-order chi connectivity index (χ0) is 19.8. The van der Waals surface area contributed by atoms with Crippen molar-refractivity contribution in [2.75, 3.05) is 17.2 Å². The van der Waals surface area contributed by atoms with Crippen LogP contribution in [0.25, 0.3) is 0 Å². The normalized spacial score (nSPS) is 11.5. The summed E-state index contributed by atoms with van der Waals surface area (Å²) in [6.07, 6.45) is 0.741. The maximum absolute atomic E-state index is 11.5. The Morgan fingerprint density at radius 2 is 1.89 bits per heavy atom. The zero-order valence-electron chi connectivity index (χ0n) is 14.7. The van der Waals surface area contributed by atoms with Crippen LogP contribution in [-0.4, -0.2) is 44.6 Å². The SMILES string of the molecule is Cc1ccc(Nc2nc(Cl)nc(NC(CCCN=C(N)N)C(=O)O)n2)cc1. The highest BCUT2D eigenvalue weighted by Gasteiger charge is 2.19. The van der Waals surface area contributed by atoms with E-state index in [0.717, 1.165) is 11.3 Å². The summed E-state index contributed by atoms with van der Waals surface area (Å²) in [5, 5.41) is 15.1. The lowest BCUT2D eigenvalue weighted by Crippen LogP contribution is -2.30. The van der Waals surface area contributed by atoms with E-state index in [0.29, 0.717) is 13.0 Å². The molecule has 7 N–H and O–H groups in total. The topological polar surface area (TPSA) is 164 Å². The van der Waals surface area contributed by atoms with Crippen molar-refractivity contribution in [3.8, 4) is 0 Å². The van der Waals surface area contributed by atoms with Gasteiger partial charge < -0.3 is 27.2 Å². The van der Waals surface area contributed by atoms with Crippen LogP contribution < -0.4 is 22.1 Å². The highest BCUT2D eigenvalue weighted by atomic mass is 35.5. The molecule has 0 bridgehead atoms. The number of carbonyl (C=O) groups is 1. The Hall–Kier alpha value is -3.14. The summed E-state index contributed by atoms with van der Waals surface area (Å²) in [5.41, 5.74) is 12.4. The highest BCUT2D eigenvalue weighted by Crippen LogP contribution is 2.17. The van der Waals surface area contributed by atoms with Crippen LogP contribution in [0.1, 0.15) is 18.4 Å². The summed E-state index contributed by atoms with van der Waals surface area (Å²) < 4.78 is 0. The Kier molecular flexibility index (Phi) is 7.12. The zero-order valence-corrected chi connectivity index (χ0v) is 15.4. The second-order valence-electron chi connectivity index (χ2n) is 5.73. The van der Waals surface area contributed by atoms with Gasteiger partial charge in [-0.05, 0) is 43.5 Å². The fourth-order valence-corrected chi connectivity index (χ4v) is 2.31. The predicted molar refractivity (Wildman–Crippen MR) is 104 cm³/mol. The number of aryl methyl sites for hydroxylation is 1. The number of guanidine groups is 1. The number of nitrogens with two attached hydrogens (primary N) is 2. The first-order chi connectivity index (χ1) is 12.8. The van der Waals surface area contributed by atoms with E-state index in [-0.39, 0.29) is 29.6 Å². The smallest absolute Gasteiger partial charge is 0.326 e. The summed E-state index contributed by atoms with van der Waals surface area (Å²) in [6, 6.07) is 6.67. The molecule has 144 valence electrons. The third-order valence-electron chi connectivity index (χ3n) is 3.46. The average Bonchev–Trinajstić information content (AvgIpc) is 2.59. The van der Waals surface area contributed by atoms with Gasteiger partial charge in [0.25, 0.3) is 0 Å². The van der Waals surface area contributed by atoms with Gasteiger partial charge in [-0.25, -0.2) is 4.79 Å². The molecular weight excluding hydrogens is 372 g/mol. The minimum absolute atomic E-state index is 0.0362. The van der Waals surface area contributed by atoms with Crippen molar-refractivity contribution in [3.63, 3.8) is 0 Å². The Morgan fingerprint density at radius 3 is 2.52 bits per heavy atom. The molecule has 1 heterocycles. The Morgan fingerprint density at radius 1 is 1.22 bits per heavy atom. The van der Waals surface area contributed by atoms with Crippen molar-refractivity contribution in [2.24, 2.45) is 16.5 Å². The number of nitrogens with zero attached hydrogens (tertiary/aromatic N) is 4. The van der Waals surface area contributed by atoms with E-state index in [9.17, 15) is 9.90 Å². The van der Waals surface area contributed by atoms with Gasteiger partial charge in [-0.2, -0.15) is 15.0 Å². The van der Waals surface area contributed by atoms with Gasteiger partial charge in [0.2, 0.25) is 17.2 Å². The standard InChI is InChI=1S/C16H21ClN8O2/c1-9-4-6-10(7-5-9)21-15-23-13(17)24-16(25-15)22-11(12(26)27)3-2-8-20-14(18)19/h4-7,11H,2-3,8H2,1H3,(H,26,27)(H4,18,19,20)(H2,21,22,23,24,25). The third kappa shape index (κ3) is 6.94. The minimum atomic E-state index is -1.05. The minimum Gasteiger partial charge on any atom is -0.480 e. The molecule has 10 nitrogen and oxygen atoms in total. The van der Waals surface area contributed by atoms with Crippen LogP contribution in [0.2, 0.25) is 5.28 Å². The van der Waals surface area contributed by atoms with E-state index in [1.807, 2.05) is 31.2 Å². The first-order valence-corrected chi connectivity index (χ1v) is 8.51. The van der Waals surface area contributed by atoms with Crippen LogP contribution in [0.5, 0.6) is 0 Å². The molecule has 0 amide bonds. The number of carboxylic acid groups (broad SMARTS) is 1. The molecule has 0 aliphatic carbocycles. The molecule has 1 unspecified atom stereocenters. The largest absolute Gasteiger partial charge is 0.480 e. The lowest BCUT2D eigenvalue weighted by molar-refractivity contribution is -0.138. The number of hydrogen-bond acceptors (Lipinski definition) is 7. The van der Waals surface area contributed by atoms with Crippen molar-refractivity contribution in [1.29, 1.82) is 0 Å². The lowest BCUT2D eigenvalue weighted by atomic mass is 10.1. The number of benzene rings is 1. The molecule has 0 saturated heterocycles. The van der Waals surface area contributed by atoms with E-state index in [4.69, 9.17) is 23.1 Å². The molecule has 2 aromatic rings. The summed E-state index contributed by atoms with van der Waals surface area (Å²) in [7, 11) is 0. The first-order valence-electron chi connectivity index (χ1n) is 8.13. The number of rotatable bonds is 9. The van der Waals surface area contributed by atoms with E-state index in [2.05, 4.69) is 30.6 Å². The number of carboxylic acids is 1. The Balaban J connectivity index is 2.07. The van der Waals surface area contributed by atoms with Gasteiger partial charge in [0.1, 0.15) is 6.04 Å². The van der Waals surface area contributed by atoms with Crippen molar-refractivity contribution >= 4 is 41.1 Å². The van der Waals surface area contributed by atoms with Gasteiger partial charge in [0.05, 0.1) is 0 Å². The first kappa shape index (κ1) is 20.2. The number of halogens is 1. The lowest BCUT2D eigenvalue weighted by Gasteiger charge is -2.14. The van der Waals surface area contributed by atoms with Gasteiger partial charge >= 0.3 is 5.97 Å². The molecule has 11 heteroatoms. The molecular formula is C16H21ClN8O2. The van der Waals surface area contributed by atoms with Crippen molar-refractivity contribution in [1.82, 2.24) is 15.0 Å². The van der Waals surface area contributed by atoms with Gasteiger partial charge in [-0.3, -0.25) is 4.99 Å². The van der Waals surface area contributed by atoms with Crippen molar-refractivity contribution in [3.05, 3.63) is 35.1 Å². The number of aliphatic imine (C=N–C) groups is 1. The van der Waals surface area contributed by atoms with Crippen LogP contribution in [0.15, 0.2) is 29.3 Å². The van der Waals surface area contributed by atoms with Crippen molar-refractivity contribution in [2.45, 2.75) is 25.8 Å². The van der Waals surface area contributed by atoms with Crippen molar-refractivity contribution < 1.29 is 9.90 Å². The van der Waals surface area contributed by atoms with E-state index < -0.39 is 12.0 Å². The number of aromatic nitrogens is 3. The number of aliphatic carboxylic acids is 1. The molecule has 27 heavy (non-hydrogen) atoms. The number of nitrogens with one attached hydrogen (secondary N) is 2. The van der Waals surface area contributed by atoms with Crippen LogP contribution >= 0.6 is 11.6 Å². The summed E-state index contributed by atoms with van der Waals surface area (Å²) >= 11 is 5.93. The number of anilines is 3. The van der Waals surface area contributed by atoms with Crippen LogP contribution in [-0.2, 0) is 4.79 Å². The molecule has 0 saturated carbocycles. The maximum Gasteiger partial charge on any atom is 0.326 e. The molecule has 0 fully saturated rings.